The molecule has 3 fully saturated rings. The molecule has 0 spiro atoms. The minimum absolute atomic E-state index is 0.107. The average molecular weight is 683 g/mol. The fourth-order valence-corrected chi connectivity index (χ4v) is 8.60. The highest BCUT2D eigenvalue weighted by Crippen LogP contribution is 2.41. The van der Waals surface area contributed by atoms with Crippen molar-refractivity contribution in [2.45, 2.75) is 82.9 Å². The van der Waals surface area contributed by atoms with Gasteiger partial charge in [0.1, 0.15) is 12.4 Å². The second kappa shape index (κ2) is 12.8. The Hall–Kier alpha value is -2.09. The Bertz CT molecular complexity index is 1430. The number of nitrogens with zero attached hydrogens (tertiary/aromatic N) is 2. The van der Waals surface area contributed by atoms with Crippen molar-refractivity contribution in [1.82, 2.24) is 4.90 Å². The molecule has 3 aromatic carbocycles. The molecule has 2 saturated carbocycles. The summed E-state index contributed by atoms with van der Waals surface area (Å²) >= 11 is 8.99. The average Bonchev–Trinajstić information content (AvgIpc) is 3.27. The van der Waals surface area contributed by atoms with Crippen molar-refractivity contribution in [3.8, 4) is 5.75 Å². The summed E-state index contributed by atoms with van der Waals surface area (Å²) < 4.78 is 7.94. The number of benzene rings is 3. The molecule has 1 aliphatic heterocycles. The van der Waals surface area contributed by atoms with E-state index in [9.17, 15) is 4.79 Å². The zero-order chi connectivity index (χ0) is 27.5. The smallest absolute Gasteiger partial charge is 0.266 e. The van der Waals surface area contributed by atoms with Gasteiger partial charge in [0, 0.05) is 6.04 Å². The van der Waals surface area contributed by atoms with Crippen LogP contribution in [0.2, 0.25) is 0 Å². The number of ether oxygens (including phenoxy) is 1. The summed E-state index contributed by atoms with van der Waals surface area (Å²) in [7, 11) is 0. The first-order valence-electron chi connectivity index (χ1n) is 14.5. The number of fused-ring (bicyclic) bond motifs is 1. The third-order valence-electron chi connectivity index (χ3n) is 8.16. The topological polar surface area (TPSA) is 41.9 Å². The Morgan fingerprint density at radius 2 is 1.55 bits per heavy atom. The van der Waals surface area contributed by atoms with Crippen molar-refractivity contribution >= 4 is 71.5 Å². The number of amidine groups is 1. The van der Waals surface area contributed by atoms with Crippen molar-refractivity contribution in [2.75, 3.05) is 0 Å². The lowest BCUT2D eigenvalue weighted by Crippen LogP contribution is -2.41. The molecule has 0 unspecified atom stereocenters. The largest absolute Gasteiger partial charge is 0.487 e. The molecule has 1 heterocycles. The molecular formula is C33H34Br2N2O2S. The fourth-order valence-electron chi connectivity index (χ4n) is 6.04. The normalized spacial score (nSPS) is 21.1. The number of rotatable bonds is 6. The van der Waals surface area contributed by atoms with Gasteiger partial charge in [0.05, 0.1) is 19.9 Å². The molecule has 0 N–H and O–H groups in total. The molecule has 3 aliphatic rings. The summed E-state index contributed by atoms with van der Waals surface area (Å²) in [4.78, 5) is 21.7. The van der Waals surface area contributed by atoms with Gasteiger partial charge >= 0.3 is 0 Å². The Labute approximate surface area is 257 Å². The minimum Gasteiger partial charge on any atom is -0.487 e. The molecule has 1 saturated heterocycles. The van der Waals surface area contributed by atoms with Gasteiger partial charge in [-0.25, -0.2) is 0 Å². The van der Waals surface area contributed by atoms with Crippen molar-refractivity contribution in [3.63, 3.8) is 0 Å². The van der Waals surface area contributed by atoms with Crippen LogP contribution in [0.5, 0.6) is 5.75 Å². The van der Waals surface area contributed by atoms with E-state index in [2.05, 4.69) is 74.3 Å². The lowest BCUT2D eigenvalue weighted by Gasteiger charge is -2.31. The standard InChI is InChI=1S/C33H34Br2N2O2S/c34-28-18-23(19-29(35)31(28)39-21-22-15-16-24-9-7-8-10-25(24)17-22)20-30-32(38)37(27-13-5-2-6-14-27)33(40-30)36-26-11-3-1-4-12-26/h7-10,15-20,26-27H,1-6,11-14,21H2. The molecule has 0 aromatic heterocycles. The van der Waals surface area contributed by atoms with Crippen molar-refractivity contribution in [1.29, 1.82) is 0 Å². The maximum Gasteiger partial charge on any atom is 0.266 e. The zero-order valence-corrected chi connectivity index (χ0v) is 26.6. The Kier molecular flexibility index (Phi) is 9.00. The quantitative estimate of drug-likeness (QED) is 0.243. The van der Waals surface area contributed by atoms with Crippen molar-refractivity contribution < 1.29 is 9.53 Å². The van der Waals surface area contributed by atoms with E-state index in [1.165, 1.54) is 49.3 Å². The lowest BCUT2D eigenvalue weighted by molar-refractivity contribution is -0.124. The predicted octanol–water partition coefficient (Wildman–Crippen LogP) is 9.88. The van der Waals surface area contributed by atoms with Gasteiger partial charge in [0.15, 0.2) is 5.17 Å². The highest BCUT2D eigenvalue weighted by molar-refractivity contribution is 9.11. The second-order valence-electron chi connectivity index (χ2n) is 11.1. The third kappa shape index (κ3) is 6.37. The van der Waals surface area contributed by atoms with Crippen LogP contribution in [0.15, 0.2) is 73.4 Å². The minimum atomic E-state index is 0.107. The van der Waals surface area contributed by atoms with Crippen LogP contribution < -0.4 is 4.74 Å². The highest BCUT2D eigenvalue weighted by Gasteiger charge is 2.39. The van der Waals surface area contributed by atoms with Crippen molar-refractivity contribution in [3.05, 3.63) is 79.6 Å². The van der Waals surface area contributed by atoms with E-state index in [0.29, 0.717) is 12.6 Å². The van der Waals surface area contributed by atoms with E-state index < -0.39 is 0 Å². The van der Waals surface area contributed by atoms with Gasteiger partial charge in [-0.3, -0.25) is 14.7 Å². The molecule has 0 bridgehead atoms. The van der Waals surface area contributed by atoms with Crippen LogP contribution in [0.4, 0.5) is 0 Å². The molecule has 2 aliphatic carbocycles. The van der Waals surface area contributed by atoms with Crippen LogP contribution in [0.25, 0.3) is 16.8 Å². The maximum atomic E-state index is 13.8. The number of aliphatic imine (C=N–C) groups is 1. The number of carbonyl (C=O) groups is 1. The van der Waals surface area contributed by atoms with Crippen LogP contribution in [0.1, 0.15) is 75.3 Å². The number of hydrogen-bond acceptors (Lipinski definition) is 4. The molecular weight excluding hydrogens is 648 g/mol. The molecule has 40 heavy (non-hydrogen) atoms. The van der Waals surface area contributed by atoms with Gasteiger partial charge < -0.3 is 4.74 Å². The summed E-state index contributed by atoms with van der Waals surface area (Å²) in [6.45, 7) is 0.466. The van der Waals surface area contributed by atoms with Crippen LogP contribution in [0.3, 0.4) is 0 Å². The van der Waals surface area contributed by atoms with Crippen molar-refractivity contribution in [2.24, 2.45) is 4.99 Å². The molecule has 0 radical (unpaired) electrons. The van der Waals surface area contributed by atoms with E-state index >= 15 is 0 Å². The maximum absolute atomic E-state index is 13.8. The number of thioether (sulfide) groups is 1. The molecule has 0 atom stereocenters. The summed E-state index contributed by atoms with van der Waals surface area (Å²) in [6.07, 6.45) is 13.9. The zero-order valence-electron chi connectivity index (χ0n) is 22.6. The van der Waals surface area contributed by atoms with Gasteiger partial charge in [-0.15, -0.1) is 0 Å². The van der Waals surface area contributed by atoms with Gasteiger partial charge in [-0.05, 0) is 115 Å². The summed E-state index contributed by atoms with van der Waals surface area (Å²) in [5.74, 6) is 0.861. The second-order valence-corrected chi connectivity index (χ2v) is 13.8. The SMILES string of the molecule is O=C1C(=Cc2cc(Br)c(OCc3ccc4ccccc4c3)c(Br)c2)SC(=NC2CCCCC2)N1C1CCCCC1. The predicted molar refractivity (Wildman–Crippen MR) is 174 cm³/mol. The Balaban J connectivity index is 1.22. The third-order valence-corrected chi connectivity index (χ3v) is 10.3. The van der Waals surface area contributed by atoms with Crippen LogP contribution in [0, 0.1) is 0 Å². The first-order chi connectivity index (χ1) is 19.5. The first kappa shape index (κ1) is 28.0. The number of amides is 1. The number of hydrogen-bond donors (Lipinski definition) is 0. The summed E-state index contributed by atoms with van der Waals surface area (Å²) in [5, 5.41) is 3.35. The highest BCUT2D eigenvalue weighted by atomic mass is 79.9. The number of carbonyl (C=O) groups excluding carboxylic acids is 1. The Morgan fingerprint density at radius 3 is 2.27 bits per heavy atom. The van der Waals surface area contributed by atoms with Gasteiger partial charge in [0.25, 0.3) is 5.91 Å². The van der Waals surface area contributed by atoms with E-state index in [1.54, 1.807) is 11.8 Å². The van der Waals surface area contributed by atoms with Crippen LogP contribution >= 0.6 is 43.6 Å². The van der Waals surface area contributed by atoms with Crippen LogP contribution in [-0.4, -0.2) is 28.1 Å². The summed E-state index contributed by atoms with van der Waals surface area (Å²) in [6, 6.07) is 19.4. The summed E-state index contributed by atoms with van der Waals surface area (Å²) in [5.41, 5.74) is 2.07. The number of halogens is 2. The van der Waals surface area contributed by atoms with E-state index in [0.717, 1.165) is 61.6 Å². The molecule has 7 heteroatoms. The van der Waals surface area contributed by atoms with Gasteiger partial charge in [-0.1, -0.05) is 74.9 Å². The Morgan fingerprint density at radius 1 is 0.875 bits per heavy atom. The van der Waals surface area contributed by atoms with E-state index in [-0.39, 0.29) is 11.9 Å². The molecule has 208 valence electrons. The monoisotopic (exact) mass is 680 g/mol. The van der Waals surface area contributed by atoms with Crippen LogP contribution in [-0.2, 0) is 11.4 Å². The molecule has 1 amide bonds. The van der Waals surface area contributed by atoms with E-state index in [1.807, 2.05) is 23.1 Å². The van der Waals surface area contributed by atoms with Gasteiger partial charge in [0.2, 0.25) is 0 Å². The van der Waals surface area contributed by atoms with E-state index in [4.69, 9.17) is 9.73 Å². The lowest BCUT2D eigenvalue weighted by atomic mass is 9.94. The van der Waals surface area contributed by atoms with Gasteiger partial charge in [-0.2, -0.15) is 0 Å². The first-order valence-corrected chi connectivity index (χ1v) is 16.9. The molecule has 6 rings (SSSR count). The molecule has 4 nitrogen and oxygen atoms in total. The molecule has 3 aromatic rings. The fraction of sp³-hybridized carbons (Fsp3) is 0.394.